The molecule has 3 aromatic rings. The molecule has 0 unspecified atom stereocenters. The monoisotopic (exact) mass is 253 g/mol. The van der Waals surface area contributed by atoms with Gasteiger partial charge < -0.3 is 14.8 Å². The normalized spacial score (nSPS) is 10.8. The fourth-order valence-corrected chi connectivity index (χ4v) is 2.15. The van der Waals surface area contributed by atoms with Gasteiger partial charge in [-0.2, -0.15) is 0 Å². The number of hydrogen-bond donors (Lipinski definition) is 2. The fourth-order valence-electron chi connectivity index (χ4n) is 2.15. The highest BCUT2D eigenvalue weighted by atomic mass is 16.5. The maximum atomic E-state index is 9.54. The molecule has 2 N–H and O–H groups in total. The van der Waals surface area contributed by atoms with Gasteiger partial charge in [0, 0.05) is 22.7 Å². The predicted octanol–water partition coefficient (Wildman–Crippen LogP) is 3.76. The Morgan fingerprint density at radius 1 is 1.16 bits per heavy atom. The van der Waals surface area contributed by atoms with E-state index in [1.165, 1.54) is 5.56 Å². The number of fused-ring (bicyclic) bond motifs is 1. The van der Waals surface area contributed by atoms with Gasteiger partial charge in [0.1, 0.15) is 18.1 Å². The third-order valence-corrected chi connectivity index (χ3v) is 3.13. The lowest BCUT2D eigenvalue weighted by atomic mass is 10.2. The van der Waals surface area contributed by atoms with E-state index in [9.17, 15) is 5.11 Å². The lowest BCUT2D eigenvalue weighted by Gasteiger charge is -2.06. The van der Waals surface area contributed by atoms with Gasteiger partial charge in [0.2, 0.25) is 0 Å². The second-order valence-electron chi connectivity index (χ2n) is 4.65. The zero-order valence-corrected chi connectivity index (χ0v) is 10.7. The van der Waals surface area contributed by atoms with Crippen molar-refractivity contribution in [2.45, 2.75) is 13.5 Å². The van der Waals surface area contributed by atoms with Gasteiger partial charge >= 0.3 is 0 Å². The van der Waals surface area contributed by atoms with Crippen molar-refractivity contribution in [2.75, 3.05) is 0 Å². The van der Waals surface area contributed by atoms with Crippen molar-refractivity contribution in [1.29, 1.82) is 0 Å². The van der Waals surface area contributed by atoms with Crippen molar-refractivity contribution >= 4 is 10.9 Å². The van der Waals surface area contributed by atoms with E-state index in [-0.39, 0.29) is 5.75 Å². The molecule has 1 aromatic heterocycles. The molecule has 3 nitrogen and oxygen atoms in total. The number of H-pyrrole nitrogens is 1. The van der Waals surface area contributed by atoms with Crippen LogP contribution in [0.15, 0.2) is 48.7 Å². The molecule has 96 valence electrons. The van der Waals surface area contributed by atoms with Crippen molar-refractivity contribution in [3.8, 4) is 11.5 Å². The van der Waals surface area contributed by atoms with Crippen LogP contribution in [0, 0.1) is 6.92 Å². The Hall–Kier alpha value is -2.42. The standard InChI is InChI=1S/C16H15NO2/c1-11-3-2-4-14(7-11)19-10-12-9-17-16-6-5-13(18)8-15(12)16/h2-9,17-18H,10H2,1H3. The molecule has 0 atom stereocenters. The summed E-state index contributed by atoms with van der Waals surface area (Å²) in [7, 11) is 0. The van der Waals surface area contributed by atoms with Crippen molar-refractivity contribution in [1.82, 2.24) is 4.98 Å². The van der Waals surface area contributed by atoms with Crippen LogP contribution in [0.3, 0.4) is 0 Å². The minimum atomic E-state index is 0.268. The molecule has 0 saturated heterocycles. The van der Waals surface area contributed by atoms with Crippen LogP contribution in [0.5, 0.6) is 11.5 Å². The molecule has 0 saturated carbocycles. The number of aromatic nitrogens is 1. The molecule has 1 heterocycles. The van der Waals surface area contributed by atoms with Crippen molar-refractivity contribution < 1.29 is 9.84 Å². The number of benzene rings is 2. The topological polar surface area (TPSA) is 45.2 Å². The first-order chi connectivity index (χ1) is 9.22. The van der Waals surface area contributed by atoms with Gasteiger partial charge in [0.05, 0.1) is 0 Å². The number of ether oxygens (including phenoxy) is 1. The first kappa shape index (κ1) is 11.7. The summed E-state index contributed by atoms with van der Waals surface area (Å²) in [6.45, 7) is 2.52. The predicted molar refractivity (Wildman–Crippen MR) is 75.5 cm³/mol. The average Bonchev–Trinajstić information content (AvgIpc) is 2.79. The van der Waals surface area contributed by atoms with Gasteiger partial charge in [-0.3, -0.25) is 0 Å². The zero-order chi connectivity index (χ0) is 13.2. The number of hydrogen-bond acceptors (Lipinski definition) is 2. The number of rotatable bonds is 3. The molecule has 0 bridgehead atoms. The molecule has 0 aliphatic rings. The molecule has 2 aromatic carbocycles. The number of phenols is 1. The van der Waals surface area contributed by atoms with Crippen LogP contribution in [0.2, 0.25) is 0 Å². The highest BCUT2D eigenvalue weighted by Gasteiger charge is 2.05. The molecule has 3 heteroatoms. The van der Waals surface area contributed by atoms with E-state index < -0.39 is 0 Å². The molecule has 3 rings (SSSR count). The molecule has 0 aliphatic heterocycles. The van der Waals surface area contributed by atoms with Gasteiger partial charge in [0.15, 0.2) is 0 Å². The van der Waals surface area contributed by atoms with E-state index in [4.69, 9.17) is 4.74 Å². The minimum absolute atomic E-state index is 0.268. The first-order valence-corrected chi connectivity index (χ1v) is 6.21. The highest BCUT2D eigenvalue weighted by Crippen LogP contribution is 2.24. The fraction of sp³-hybridized carbons (Fsp3) is 0.125. The lowest BCUT2D eigenvalue weighted by Crippen LogP contribution is -1.94. The summed E-state index contributed by atoms with van der Waals surface area (Å²) < 4.78 is 5.78. The Morgan fingerprint density at radius 3 is 2.89 bits per heavy atom. The van der Waals surface area contributed by atoms with Gasteiger partial charge in [-0.05, 0) is 42.8 Å². The van der Waals surface area contributed by atoms with E-state index in [0.29, 0.717) is 6.61 Å². The second-order valence-corrected chi connectivity index (χ2v) is 4.65. The Bertz CT molecular complexity index is 716. The van der Waals surface area contributed by atoms with Gasteiger partial charge in [0.25, 0.3) is 0 Å². The van der Waals surface area contributed by atoms with Gasteiger partial charge in [-0.1, -0.05) is 12.1 Å². The third kappa shape index (κ3) is 2.40. The molecule has 19 heavy (non-hydrogen) atoms. The quantitative estimate of drug-likeness (QED) is 0.746. The third-order valence-electron chi connectivity index (χ3n) is 3.13. The molecular weight excluding hydrogens is 238 g/mol. The van der Waals surface area contributed by atoms with E-state index >= 15 is 0 Å². The summed E-state index contributed by atoms with van der Waals surface area (Å²) in [6.07, 6.45) is 1.92. The van der Waals surface area contributed by atoms with E-state index in [1.54, 1.807) is 12.1 Å². The smallest absolute Gasteiger partial charge is 0.120 e. The van der Waals surface area contributed by atoms with E-state index in [2.05, 4.69) is 4.98 Å². The SMILES string of the molecule is Cc1cccc(OCc2c[nH]c3ccc(O)cc23)c1. The van der Waals surface area contributed by atoms with Crippen LogP contribution in [0.4, 0.5) is 0 Å². The van der Waals surface area contributed by atoms with Crippen LogP contribution < -0.4 is 4.74 Å². The first-order valence-electron chi connectivity index (χ1n) is 6.21. The molecule has 0 spiro atoms. The van der Waals surface area contributed by atoms with Crippen LogP contribution in [0.25, 0.3) is 10.9 Å². The molecule has 0 aliphatic carbocycles. The Kier molecular flexibility index (Phi) is 2.88. The van der Waals surface area contributed by atoms with Crippen molar-refractivity contribution in [3.05, 3.63) is 59.8 Å². The van der Waals surface area contributed by atoms with Crippen LogP contribution in [0.1, 0.15) is 11.1 Å². The van der Waals surface area contributed by atoms with Crippen LogP contribution in [-0.4, -0.2) is 10.1 Å². The van der Waals surface area contributed by atoms with Gasteiger partial charge in [-0.25, -0.2) is 0 Å². The molecule has 0 radical (unpaired) electrons. The maximum absolute atomic E-state index is 9.54. The lowest BCUT2D eigenvalue weighted by molar-refractivity contribution is 0.307. The molecular formula is C16H15NO2. The number of phenolic OH excluding ortho intramolecular Hbond substituents is 1. The summed E-state index contributed by atoms with van der Waals surface area (Å²) in [5, 5.41) is 10.5. The van der Waals surface area contributed by atoms with Crippen LogP contribution in [-0.2, 0) is 6.61 Å². The number of aryl methyl sites for hydroxylation is 1. The summed E-state index contributed by atoms with van der Waals surface area (Å²) in [5.74, 6) is 1.12. The average molecular weight is 253 g/mol. The van der Waals surface area contributed by atoms with Crippen LogP contribution >= 0.6 is 0 Å². The number of aromatic amines is 1. The number of aromatic hydroxyl groups is 1. The summed E-state index contributed by atoms with van der Waals surface area (Å²) in [4.78, 5) is 3.17. The zero-order valence-electron chi connectivity index (χ0n) is 10.7. The number of nitrogens with one attached hydrogen (secondary N) is 1. The Morgan fingerprint density at radius 2 is 2.05 bits per heavy atom. The molecule has 0 amide bonds. The minimum Gasteiger partial charge on any atom is -0.508 e. The Balaban J connectivity index is 1.84. The maximum Gasteiger partial charge on any atom is 0.120 e. The van der Waals surface area contributed by atoms with Gasteiger partial charge in [-0.15, -0.1) is 0 Å². The van der Waals surface area contributed by atoms with E-state index in [0.717, 1.165) is 22.2 Å². The Labute approximate surface area is 111 Å². The molecule has 0 fully saturated rings. The summed E-state index contributed by atoms with van der Waals surface area (Å²) in [6, 6.07) is 13.2. The van der Waals surface area contributed by atoms with E-state index in [1.807, 2.05) is 43.5 Å². The second kappa shape index (κ2) is 4.69. The van der Waals surface area contributed by atoms with Crippen molar-refractivity contribution in [2.24, 2.45) is 0 Å². The summed E-state index contributed by atoms with van der Waals surface area (Å²) >= 11 is 0. The summed E-state index contributed by atoms with van der Waals surface area (Å²) in [5.41, 5.74) is 3.21. The highest BCUT2D eigenvalue weighted by molar-refractivity contribution is 5.84. The van der Waals surface area contributed by atoms with Crippen molar-refractivity contribution in [3.63, 3.8) is 0 Å². The largest absolute Gasteiger partial charge is 0.508 e.